The Bertz CT molecular complexity index is 554. The zero-order chi connectivity index (χ0) is 19.2. The van der Waals surface area contributed by atoms with Crippen LogP contribution in [0.15, 0.2) is 0 Å². The van der Waals surface area contributed by atoms with Gasteiger partial charge in [-0.25, -0.2) is 0 Å². The molecule has 3 N–H and O–H groups in total. The number of amides is 2. The minimum Gasteiger partial charge on any atom is -0.469 e. The smallest absolute Gasteiger partial charge is 0.309 e. The van der Waals surface area contributed by atoms with Crippen molar-refractivity contribution in [1.82, 2.24) is 20.9 Å². The van der Waals surface area contributed by atoms with E-state index in [0.29, 0.717) is 18.4 Å². The van der Waals surface area contributed by atoms with Crippen LogP contribution in [0, 0.1) is 5.92 Å². The van der Waals surface area contributed by atoms with Crippen molar-refractivity contribution in [2.45, 2.75) is 63.1 Å². The lowest BCUT2D eigenvalue weighted by Gasteiger charge is -2.37. The van der Waals surface area contributed by atoms with Crippen LogP contribution in [0.1, 0.15) is 44.9 Å². The normalized spacial score (nSPS) is 28.9. The van der Waals surface area contributed by atoms with E-state index in [1.807, 2.05) is 0 Å². The molecule has 0 spiro atoms. The predicted molar refractivity (Wildman–Crippen MR) is 114 cm³/mol. The molecule has 8 nitrogen and oxygen atoms in total. The lowest BCUT2D eigenvalue weighted by molar-refractivity contribution is -0.141. The summed E-state index contributed by atoms with van der Waals surface area (Å²) in [4.78, 5) is 38.1. The number of carbonyl (C=O) groups excluding carboxylic acids is 3. The third-order valence-electron chi connectivity index (χ3n) is 6.18. The number of esters is 1. The van der Waals surface area contributed by atoms with Gasteiger partial charge in [-0.3, -0.25) is 19.3 Å². The largest absolute Gasteiger partial charge is 0.469 e. The molecular weight excluding hydrogens is 419 g/mol. The summed E-state index contributed by atoms with van der Waals surface area (Å²) >= 11 is 0. The summed E-state index contributed by atoms with van der Waals surface area (Å²) in [7, 11) is 1.39. The predicted octanol–water partition coefficient (Wildman–Crippen LogP) is 0.621. The maximum absolute atomic E-state index is 12.3. The zero-order valence-corrected chi connectivity index (χ0v) is 18.6. The van der Waals surface area contributed by atoms with E-state index in [-0.39, 0.29) is 42.9 Å². The number of halogens is 2. The fourth-order valence-corrected chi connectivity index (χ4v) is 4.56. The van der Waals surface area contributed by atoms with E-state index in [1.54, 1.807) is 0 Å². The summed E-state index contributed by atoms with van der Waals surface area (Å²) in [6.45, 7) is 3.96. The van der Waals surface area contributed by atoms with Gasteiger partial charge in [-0.15, -0.1) is 24.8 Å². The summed E-state index contributed by atoms with van der Waals surface area (Å²) in [5.41, 5.74) is 0. The van der Waals surface area contributed by atoms with Crippen LogP contribution in [0.5, 0.6) is 0 Å². The summed E-state index contributed by atoms with van der Waals surface area (Å²) in [6.07, 6.45) is 5.94. The first-order valence-corrected chi connectivity index (χ1v) is 10.2. The Kier molecular flexibility index (Phi) is 11.2. The first-order chi connectivity index (χ1) is 13.1. The Labute approximate surface area is 185 Å². The van der Waals surface area contributed by atoms with Crippen molar-refractivity contribution in [3.63, 3.8) is 0 Å². The number of methoxy groups -OCH3 is 1. The number of nitrogens with one attached hydrogen (secondary N) is 3. The molecule has 0 aromatic rings. The number of rotatable bonds is 6. The average Bonchev–Trinajstić information content (AvgIpc) is 3.11. The number of carbonyl (C=O) groups is 3. The molecule has 1 saturated heterocycles. The molecule has 0 radical (unpaired) electrons. The molecule has 0 aromatic carbocycles. The standard InChI is InChI=1S/C19H32N4O4.2ClH/c1-27-17(24)6-5-13-11-14(12-13)21-18(25)19(26)22-15-3-2-4-16(15)23-9-7-20-8-10-23;;/h13-16,20H,2-12H2,1H3,(H,21,25)(H,22,26);2*1H/t13?,14?,15-,16+;;/m1../s1. The van der Waals surface area contributed by atoms with Crippen molar-refractivity contribution in [3.05, 3.63) is 0 Å². The molecular formula is C19H34Cl2N4O4. The molecule has 0 aromatic heterocycles. The van der Waals surface area contributed by atoms with Crippen LogP contribution in [0.3, 0.4) is 0 Å². The second kappa shape index (κ2) is 12.6. The van der Waals surface area contributed by atoms with Gasteiger partial charge in [0.05, 0.1) is 7.11 Å². The highest BCUT2D eigenvalue weighted by Crippen LogP contribution is 2.31. The molecule has 3 aliphatic rings. The summed E-state index contributed by atoms with van der Waals surface area (Å²) < 4.78 is 4.64. The molecule has 168 valence electrons. The second-order valence-electron chi connectivity index (χ2n) is 7.99. The van der Waals surface area contributed by atoms with Crippen molar-refractivity contribution in [3.8, 4) is 0 Å². The summed E-state index contributed by atoms with van der Waals surface area (Å²) in [5.74, 6) is -0.820. The number of hydrogen-bond acceptors (Lipinski definition) is 6. The third kappa shape index (κ3) is 7.27. The van der Waals surface area contributed by atoms with Crippen molar-refractivity contribution >= 4 is 42.6 Å². The van der Waals surface area contributed by atoms with Gasteiger partial charge in [0.1, 0.15) is 0 Å². The van der Waals surface area contributed by atoms with E-state index in [1.165, 1.54) is 7.11 Å². The van der Waals surface area contributed by atoms with Crippen LogP contribution in [0.4, 0.5) is 0 Å². The molecule has 1 aliphatic heterocycles. The van der Waals surface area contributed by atoms with Gasteiger partial charge in [0.15, 0.2) is 0 Å². The van der Waals surface area contributed by atoms with Gasteiger partial charge >= 0.3 is 17.8 Å². The monoisotopic (exact) mass is 452 g/mol. The number of ether oxygens (including phenoxy) is 1. The first kappa shape index (κ1) is 25.9. The van der Waals surface area contributed by atoms with Crippen LogP contribution < -0.4 is 16.0 Å². The lowest BCUT2D eigenvalue weighted by Crippen LogP contribution is -2.57. The highest BCUT2D eigenvalue weighted by Gasteiger charge is 2.36. The van der Waals surface area contributed by atoms with Gasteiger partial charge in [-0.05, 0) is 44.4 Å². The molecule has 2 amide bonds. The van der Waals surface area contributed by atoms with Gasteiger partial charge < -0.3 is 20.7 Å². The minimum atomic E-state index is -0.530. The highest BCUT2D eigenvalue weighted by atomic mass is 35.5. The fraction of sp³-hybridized carbons (Fsp3) is 0.842. The molecule has 2 atom stereocenters. The van der Waals surface area contributed by atoms with E-state index in [4.69, 9.17) is 0 Å². The summed E-state index contributed by atoms with van der Waals surface area (Å²) in [5, 5.41) is 9.14. The molecule has 3 rings (SSSR count). The Morgan fingerprint density at radius 3 is 2.34 bits per heavy atom. The van der Waals surface area contributed by atoms with Crippen LogP contribution in [-0.2, 0) is 19.1 Å². The van der Waals surface area contributed by atoms with Crippen LogP contribution in [0.25, 0.3) is 0 Å². The Morgan fingerprint density at radius 1 is 1.03 bits per heavy atom. The van der Waals surface area contributed by atoms with Gasteiger partial charge in [-0.2, -0.15) is 0 Å². The van der Waals surface area contributed by atoms with Crippen molar-refractivity contribution in [2.24, 2.45) is 5.92 Å². The Morgan fingerprint density at radius 2 is 1.69 bits per heavy atom. The van der Waals surface area contributed by atoms with Crippen molar-refractivity contribution in [1.29, 1.82) is 0 Å². The third-order valence-corrected chi connectivity index (χ3v) is 6.18. The summed E-state index contributed by atoms with van der Waals surface area (Å²) in [6, 6.07) is 0.448. The highest BCUT2D eigenvalue weighted by molar-refractivity contribution is 6.35. The second-order valence-corrected chi connectivity index (χ2v) is 7.99. The van der Waals surface area contributed by atoms with Crippen molar-refractivity contribution < 1.29 is 19.1 Å². The van der Waals surface area contributed by atoms with Gasteiger partial charge in [0.2, 0.25) is 0 Å². The van der Waals surface area contributed by atoms with E-state index >= 15 is 0 Å². The van der Waals surface area contributed by atoms with Gasteiger partial charge in [0, 0.05) is 50.7 Å². The molecule has 29 heavy (non-hydrogen) atoms. The van der Waals surface area contributed by atoms with Gasteiger partial charge in [0.25, 0.3) is 0 Å². The molecule has 0 unspecified atom stereocenters. The maximum Gasteiger partial charge on any atom is 0.309 e. The van der Waals surface area contributed by atoms with E-state index < -0.39 is 11.8 Å². The van der Waals surface area contributed by atoms with Crippen LogP contribution >= 0.6 is 24.8 Å². The SMILES string of the molecule is COC(=O)CCC1CC(NC(=O)C(=O)N[C@@H]2CCC[C@@H]2N2CCNCC2)C1.Cl.Cl. The lowest BCUT2D eigenvalue weighted by atomic mass is 9.77. The Balaban J connectivity index is 0.00000210. The first-order valence-electron chi connectivity index (χ1n) is 10.2. The molecule has 2 aliphatic carbocycles. The molecule has 2 saturated carbocycles. The molecule has 10 heteroatoms. The van der Waals surface area contributed by atoms with E-state index in [0.717, 1.165) is 64.7 Å². The minimum absolute atomic E-state index is 0. The van der Waals surface area contributed by atoms with E-state index in [9.17, 15) is 14.4 Å². The quantitative estimate of drug-likeness (QED) is 0.403. The zero-order valence-electron chi connectivity index (χ0n) is 17.0. The van der Waals surface area contributed by atoms with Crippen LogP contribution in [0.2, 0.25) is 0 Å². The topological polar surface area (TPSA) is 99.8 Å². The van der Waals surface area contributed by atoms with E-state index in [2.05, 4.69) is 25.6 Å². The van der Waals surface area contributed by atoms with Crippen molar-refractivity contribution in [2.75, 3.05) is 33.3 Å². The maximum atomic E-state index is 12.3. The van der Waals surface area contributed by atoms with Crippen LogP contribution in [-0.4, -0.2) is 74.1 Å². The average molecular weight is 453 g/mol. The number of piperazine rings is 1. The molecule has 0 bridgehead atoms. The van der Waals surface area contributed by atoms with Gasteiger partial charge in [-0.1, -0.05) is 0 Å². The number of nitrogens with zero attached hydrogens (tertiary/aromatic N) is 1. The molecule has 3 fully saturated rings. The number of hydrogen-bond donors (Lipinski definition) is 3. The molecule has 1 heterocycles. The Hall–Kier alpha value is -1.09. The fourth-order valence-electron chi connectivity index (χ4n) is 4.56.